The molecular formula is C21H19N3O3. The summed E-state index contributed by atoms with van der Waals surface area (Å²) in [6, 6.07) is 19.0. The Labute approximate surface area is 157 Å². The zero-order valence-electron chi connectivity index (χ0n) is 14.6. The summed E-state index contributed by atoms with van der Waals surface area (Å²) in [6.07, 6.45) is 1.62. The molecule has 1 aliphatic rings. The molecule has 0 saturated carbocycles. The fraction of sp³-hybridized carbons (Fsp3) is 0.143. The maximum atomic E-state index is 12.5. The van der Waals surface area contributed by atoms with Gasteiger partial charge in [-0.25, -0.2) is 0 Å². The number of nitrogens with zero attached hydrogens (tertiary/aromatic N) is 1. The predicted octanol–water partition coefficient (Wildman–Crippen LogP) is 3.72. The van der Waals surface area contributed by atoms with Crippen molar-refractivity contribution in [3.8, 4) is 11.5 Å². The first-order chi connectivity index (χ1) is 13.3. The summed E-state index contributed by atoms with van der Waals surface area (Å²) in [5, 5.41) is 6.15. The first-order valence-electron chi connectivity index (χ1n) is 8.73. The lowest BCUT2D eigenvalue weighted by Gasteiger charge is -2.19. The third kappa shape index (κ3) is 4.17. The van der Waals surface area contributed by atoms with Crippen LogP contribution in [0.3, 0.4) is 0 Å². The van der Waals surface area contributed by atoms with Crippen LogP contribution in [0.5, 0.6) is 11.5 Å². The first kappa shape index (κ1) is 16.9. The number of aromatic nitrogens is 1. The highest BCUT2D eigenvalue weighted by Crippen LogP contribution is 2.32. The van der Waals surface area contributed by atoms with Gasteiger partial charge in [-0.2, -0.15) is 0 Å². The highest BCUT2D eigenvalue weighted by Gasteiger charge is 2.14. The Morgan fingerprint density at radius 3 is 2.59 bits per heavy atom. The number of pyridine rings is 1. The van der Waals surface area contributed by atoms with Crippen molar-refractivity contribution in [3.63, 3.8) is 0 Å². The van der Waals surface area contributed by atoms with Crippen LogP contribution in [0.1, 0.15) is 16.1 Å². The molecule has 2 heterocycles. The molecule has 6 heteroatoms. The molecule has 136 valence electrons. The monoisotopic (exact) mass is 361 g/mol. The largest absolute Gasteiger partial charge is 0.486 e. The molecule has 0 aliphatic carbocycles. The van der Waals surface area contributed by atoms with Crippen molar-refractivity contribution in [1.29, 1.82) is 0 Å². The molecule has 1 aromatic heterocycles. The van der Waals surface area contributed by atoms with Gasteiger partial charge in [-0.3, -0.25) is 9.78 Å². The topological polar surface area (TPSA) is 72.5 Å². The molecule has 3 aromatic rings. The summed E-state index contributed by atoms with van der Waals surface area (Å²) in [5.41, 5.74) is 2.97. The average Bonchev–Trinajstić information content (AvgIpc) is 2.73. The molecule has 0 saturated heterocycles. The van der Waals surface area contributed by atoms with Gasteiger partial charge in [0, 0.05) is 30.2 Å². The molecule has 6 nitrogen and oxygen atoms in total. The second-order valence-corrected chi connectivity index (χ2v) is 6.08. The Morgan fingerprint density at radius 1 is 0.926 bits per heavy atom. The number of hydrogen-bond donors (Lipinski definition) is 2. The van der Waals surface area contributed by atoms with Gasteiger partial charge in [0.05, 0.1) is 0 Å². The molecule has 0 bridgehead atoms. The predicted molar refractivity (Wildman–Crippen MR) is 103 cm³/mol. The van der Waals surface area contributed by atoms with Gasteiger partial charge in [0.2, 0.25) is 0 Å². The zero-order valence-corrected chi connectivity index (χ0v) is 14.6. The maximum absolute atomic E-state index is 12.5. The van der Waals surface area contributed by atoms with Crippen LogP contribution in [-0.2, 0) is 6.54 Å². The second-order valence-electron chi connectivity index (χ2n) is 6.08. The number of fused-ring (bicyclic) bond motifs is 1. The normalized spacial score (nSPS) is 12.3. The molecule has 27 heavy (non-hydrogen) atoms. The number of carbonyl (C=O) groups excluding carboxylic acids is 1. The van der Waals surface area contributed by atoms with E-state index >= 15 is 0 Å². The van der Waals surface area contributed by atoms with Crippen LogP contribution in [0, 0.1) is 0 Å². The van der Waals surface area contributed by atoms with Gasteiger partial charge < -0.3 is 20.1 Å². The van der Waals surface area contributed by atoms with Crippen LogP contribution in [-0.4, -0.2) is 24.1 Å². The Kier molecular flexibility index (Phi) is 4.87. The first-order valence-corrected chi connectivity index (χ1v) is 8.73. The SMILES string of the molecule is O=C(Nc1ccc2c(c1)OCCO2)c1cc(NCc2ccccc2)ccn1. The van der Waals surface area contributed by atoms with E-state index in [1.165, 1.54) is 0 Å². The maximum Gasteiger partial charge on any atom is 0.274 e. The smallest absolute Gasteiger partial charge is 0.274 e. The standard InChI is InChI=1S/C21H19N3O3/c25-21(24-17-6-7-19-20(13-17)27-11-10-26-19)18-12-16(8-9-22-18)23-14-15-4-2-1-3-5-15/h1-9,12-13H,10-11,14H2,(H,22,23)(H,24,25). The van der Waals surface area contributed by atoms with Crippen LogP contribution in [0.25, 0.3) is 0 Å². The number of hydrogen-bond acceptors (Lipinski definition) is 5. The molecule has 0 atom stereocenters. The van der Waals surface area contributed by atoms with E-state index in [2.05, 4.69) is 15.6 Å². The van der Waals surface area contributed by atoms with Gasteiger partial charge in [-0.05, 0) is 29.8 Å². The zero-order chi connectivity index (χ0) is 18.5. The average molecular weight is 361 g/mol. The highest BCUT2D eigenvalue weighted by molar-refractivity contribution is 6.03. The summed E-state index contributed by atoms with van der Waals surface area (Å²) in [4.78, 5) is 16.7. The molecule has 4 rings (SSSR count). The number of nitrogens with one attached hydrogen (secondary N) is 2. The molecular weight excluding hydrogens is 342 g/mol. The fourth-order valence-electron chi connectivity index (χ4n) is 2.78. The van der Waals surface area contributed by atoms with Crippen LogP contribution in [0.15, 0.2) is 66.9 Å². The fourth-order valence-corrected chi connectivity index (χ4v) is 2.78. The van der Waals surface area contributed by atoms with Crippen LogP contribution < -0.4 is 20.1 Å². The Hall–Kier alpha value is -3.54. The Morgan fingerprint density at radius 2 is 1.74 bits per heavy atom. The van der Waals surface area contributed by atoms with Crippen LogP contribution in [0.2, 0.25) is 0 Å². The number of carbonyl (C=O) groups is 1. The molecule has 0 fully saturated rings. The number of benzene rings is 2. The molecule has 0 radical (unpaired) electrons. The van der Waals surface area contributed by atoms with E-state index < -0.39 is 0 Å². The van der Waals surface area contributed by atoms with Crippen molar-refractivity contribution < 1.29 is 14.3 Å². The van der Waals surface area contributed by atoms with Crippen molar-refractivity contribution in [2.45, 2.75) is 6.54 Å². The van der Waals surface area contributed by atoms with Gasteiger partial charge in [0.15, 0.2) is 11.5 Å². The lowest BCUT2D eigenvalue weighted by atomic mass is 10.2. The minimum absolute atomic E-state index is 0.282. The minimum Gasteiger partial charge on any atom is -0.486 e. The van der Waals surface area contributed by atoms with E-state index in [9.17, 15) is 4.79 Å². The van der Waals surface area contributed by atoms with Crippen molar-refractivity contribution in [3.05, 3.63) is 78.1 Å². The number of amides is 1. The molecule has 1 amide bonds. The third-order valence-corrected chi connectivity index (χ3v) is 4.13. The Balaban J connectivity index is 1.43. The molecule has 0 spiro atoms. The minimum atomic E-state index is -0.282. The molecule has 0 unspecified atom stereocenters. The van der Waals surface area contributed by atoms with E-state index in [4.69, 9.17) is 9.47 Å². The van der Waals surface area contributed by atoms with Gasteiger partial charge >= 0.3 is 0 Å². The Bertz CT molecular complexity index is 944. The summed E-state index contributed by atoms with van der Waals surface area (Å²) < 4.78 is 11.0. The summed E-state index contributed by atoms with van der Waals surface area (Å²) in [7, 11) is 0. The second kappa shape index (κ2) is 7.78. The number of anilines is 2. The summed E-state index contributed by atoms with van der Waals surface area (Å²) in [5.74, 6) is 1.03. The van der Waals surface area contributed by atoms with Crippen molar-refractivity contribution in [2.24, 2.45) is 0 Å². The number of ether oxygens (including phenoxy) is 2. The quantitative estimate of drug-likeness (QED) is 0.725. The van der Waals surface area contributed by atoms with Crippen molar-refractivity contribution >= 4 is 17.3 Å². The third-order valence-electron chi connectivity index (χ3n) is 4.13. The van der Waals surface area contributed by atoms with E-state index in [0.29, 0.717) is 42.6 Å². The molecule has 2 aromatic carbocycles. The molecule has 2 N–H and O–H groups in total. The van der Waals surface area contributed by atoms with Gasteiger partial charge in [-0.15, -0.1) is 0 Å². The van der Waals surface area contributed by atoms with Gasteiger partial charge in [0.1, 0.15) is 18.9 Å². The lowest BCUT2D eigenvalue weighted by molar-refractivity contribution is 0.102. The lowest BCUT2D eigenvalue weighted by Crippen LogP contribution is -2.17. The summed E-state index contributed by atoms with van der Waals surface area (Å²) >= 11 is 0. The van der Waals surface area contributed by atoms with Crippen LogP contribution >= 0.6 is 0 Å². The van der Waals surface area contributed by atoms with Crippen molar-refractivity contribution in [1.82, 2.24) is 4.98 Å². The van der Waals surface area contributed by atoms with E-state index in [1.807, 2.05) is 36.4 Å². The summed E-state index contributed by atoms with van der Waals surface area (Å²) in [6.45, 7) is 1.71. The number of rotatable bonds is 5. The van der Waals surface area contributed by atoms with Crippen LogP contribution in [0.4, 0.5) is 11.4 Å². The van der Waals surface area contributed by atoms with E-state index in [0.717, 1.165) is 11.3 Å². The van der Waals surface area contributed by atoms with E-state index in [-0.39, 0.29) is 5.91 Å². The highest BCUT2D eigenvalue weighted by atomic mass is 16.6. The van der Waals surface area contributed by atoms with E-state index in [1.54, 1.807) is 30.5 Å². The van der Waals surface area contributed by atoms with Crippen molar-refractivity contribution in [2.75, 3.05) is 23.8 Å². The van der Waals surface area contributed by atoms with Gasteiger partial charge in [0.25, 0.3) is 5.91 Å². The molecule has 1 aliphatic heterocycles. The van der Waals surface area contributed by atoms with Gasteiger partial charge in [-0.1, -0.05) is 30.3 Å².